The van der Waals surface area contributed by atoms with E-state index in [1.165, 1.54) is 30.4 Å². The number of hydrogen-bond donors (Lipinski definition) is 2. The van der Waals surface area contributed by atoms with Gasteiger partial charge in [-0.2, -0.15) is 0 Å². The topological polar surface area (TPSA) is 238 Å². The number of benzene rings is 10. The number of carbonyl (C=O) groups excluding carboxylic acids is 9. The Morgan fingerprint density at radius 1 is 0.331 bits per heavy atom. The SMILES string of the molecule is C=C1c2ccc3c(c2CN1C)c1cc(C(C)=O)c(O)cc1n3CCCN(C)C.CCC(=O)c1ccc2c(c1)c1cc(C(=O)CC)ccc1n2CCCN(C)C.CCCC(=O)c1ccc2c(c1)c1cc(C(=O)CCC)ccc1n2CCN(CC)CC.CCN(CC)CCn1c2ccc(C(=O)C3CC3)cc2c2cc(C(=O)C3CC3)ccc21.CCN(CC)CCn1c2ccc(C(C)=O)cc2c2cc(C(C)=O)c(O)cc21. The molecule has 2 saturated carbocycles. The average molecular weight is 1920 g/mol. The molecule has 2 fully saturated rings. The molecule has 0 saturated heterocycles. The summed E-state index contributed by atoms with van der Waals surface area (Å²) >= 11 is 0. The summed E-state index contributed by atoms with van der Waals surface area (Å²) in [6.07, 6.45) is 9.91. The van der Waals surface area contributed by atoms with Crippen LogP contribution in [-0.4, -0.2) is 222 Å². The van der Waals surface area contributed by atoms with Crippen LogP contribution >= 0.6 is 0 Å². The van der Waals surface area contributed by atoms with Gasteiger partial charge in [-0.05, 0) is 304 Å². The third-order valence-electron chi connectivity index (χ3n) is 29.1. The number of ketones is 9. The Bertz CT molecular complexity index is 7100. The van der Waals surface area contributed by atoms with Gasteiger partial charge in [-0.25, -0.2) is 0 Å². The van der Waals surface area contributed by atoms with E-state index < -0.39 is 0 Å². The zero-order valence-electron chi connectivity index (χ0n) is 86.9. The maximum absolute atomic E-state index is 12.7. The van der Waals surface area contributed by atoms with Crippen LogP contribution in [0.5, 0.6) is 11.5 Å². The molecule has 0 radical (unpaired) electrons. The van der Waals surface area contributed by atoms with Gasteiger partial charge in [-0.3, -0.25) is 43.2 Å². The van der Waals surface area contributed by atoms with Crippen molar-refractivity contribution < 1.29 is 53.4 Å². The van der Waals surface area contributed by atoms with Gasteiger partial charge in [-0.15, -0.1) is 0 Å². The van der Waals surface area contributed by atoms with Crippen LogP contribution in [0.2, 0.25) is 0 Å². The van der Waals surface area contributed by atoms with Gasteiger partial charge in [0, 0.05) is 264 Å². The van der Waals surface area contributed by atoms with E-state index in [4.69, 9.17) is 0 Å². The smallest absolute Gasteiger partial charge is 0.165 e. The van der Waals surface area contributed by atoms with Crippen LogP contribution in [0, 0.1) is 11.8 Å². The molecular weight excluding hydrogens is 1770 g/mol. The maximum Gasteiger partial charge on any atom is 0.165 e. The van der Waals surface area contributed by atoms with Crippen LogP contribution in [0.1, 0.15) is 271 Å². The Balaban J connectivity index is 0.000000141. The van der Waals surface area contributed by atoms with Crippen molar-refractivity contribution >= 4 is 167 Å². The largest absolute Gasteiger partial charge is 0.507 e. The number of hydrogen-bond acceptors (Lipinski definition) is 17. The van der Waals surface area contributed by atoms with E-state index in [-0.39, 0.29) is 75.4 Å². The lowest BCUT2D eigenvalue weighted by Crippen LogP contribution is -2.26. The van der Waals surface area contributed by atoms with Gasteiger partial charge in [0.25, 0.3) is 0 Å². The van der Waals surface area contributed by atoms with Crippen LogP contribution in [0.4, 0.5) is 0 Å². The van der Waals surface area contributed by atoms with Gasteiger partial charge in [0.15, 0.2) is 52.0 Å². The van der Waals surface area contributed by atoms with Crippen LogP contribution in [0.25, 0.3) is 115 Å². The lowest BCUT2D eigenvalue weighted by molar-refractivity contribution is 0.0960. The van der Waals surface area contributed by atoms with Gasteiger partial charge < -0.3 is 62.4 Å². The fourth-order valence-electron chi connectivity index (χ4n) is 20.4. The summed E-state index contributed by atoms with van der Waals surface area (Å²) < 4.78 is 11.5. The molecule has 22 nitrogen and oxygen atoms in total. The molecule has 10 aromatic carbocycles. The summed E-state index contributed by atoms with van der Waals surface area (Å²) in [6.45, 7) is 45.6. The summed E-state index contributed by atoms with van der Waals surface area (Å²) in [7, 11) is 10.4. The number of carbonyl (C=O) groups is 9. The third kappa shape index (κ3) is 22.8. The lowest BCUT2D eigenvalue weighted by Gasteiger charge is -2.19. The number of rotatable bonds is 40. The highest BCUT2D eigenvalue weighted by Crippen LogP contribution is 2.45. The minimum atomic E-state index is -0.179. The molecule has 6 heterocycles. The van der Waals surface area contributed by atoms with Gasteiger partial charge >= 0.3 is 0 Å². The van der Waals surface area contributed by atoms with Crippen molar-refractivity contribution in [3.63, 3.8) is 0 Å². The van der Waals surface area contributed by atoms with Crippen LogP contribution in [0.15, 0.2) is 170 Å². The molecule has 2 N–H and O–H groups in total. The molecule has 0 unspecified atom stereocenters. The number of aromatic hydroxyl groups is 2. The van der Waals surface area contributed by atoms with E-state index >= 15 is 0 Å². The van der Waals surface area contributed by atoms with Crippen LogP contribution < -0.4 is 0 Å². The van der Waals surface area contributed by atoms with E-state index in [1.807, 2.05) is 113 Å². The van der Waals surface area contributed by atoms with E-state index in [0.717, 1.165) is 305 Å². The molecule has 5 aromatic heterocycles. The van der Waals surface area contributed by atoms with Crippen LogP contribution in [-0.2, 0) is 39.3 Å². The summed E-state index contributed by atoms with van der Waals surface area (Å²) in [6, 6.07) is 53.4. The molecule has 18 rings (SSSR count). The van der Waals surface area contributed by atoms with Gasteiger partial charge in [0.05, 0.1) is 22.2 Å². The average Bonchev–Trinajstić information content (AvgIpc) is 1.57. The molecule has 0 bridgehead atoms. The number of phenolic OH excluding ortho intramolecular Hbond substituents is 2. The predicted octanol–water partition coefficient (Wildman–Crippen LogP) is 24.7. The maximum atomic E-state index is 12.7. The van der Waals surface area contributed by atoms with Gasteiger partial charge in [-0.1, -0.05) is 81.9 Å². The first-order valence-electron chi connectivity index (χ1n) is 51.6. The molecule has 2 aliphatic carbocycles. The second-order valence-corrected chi connectivity index (χ2v) is 39.2. The number of nitrogens with zero attached hydrogens (tertiary/aromatic N) is 11. The number of aromatic nitrogens is 5. The second kappa shape index (κ2) is 46.5. The van der Waals surface area contributed by atoms with E-state index in [2.05, 4.69) is 196 Å². The lowest BCUT2D eigenvalue weighted by atomic mass is 10.00. The van der Waals surface area contributed by atoms with Gasteiger partial charge in [0.1, 0.15) is 11.5 Å². The van der Waals surface area contributed by atoms with Crippen molar-refractivity contribution in [1.29, 1.82) is 0 Å². The molecule has 142 heavy (non-hydrogen) atoms. The molecule has 0 spiro atoms. The van der Waals surface area contributed by atoms with E-state index in [1.54, 1.807) is 25.1 Å². The molecule has 1 aliphatic heterocycles. The third-order valence-corrected chi connectivity index (χ3v) is 29.1. The molecular formula is C120H145N11O11. The van der Waals surface area contributed by atoms with Crippen molar-refractivity contribution in [3.05, 3.63) is 232 Å². The first-order chi connectivity index (χ1) is 68.2. The van der Waals surface area contributed by atoms with Crippen molar-refractivity contribution in [2.75, 3.05) is 107 Å². The molecule has 0 atom stereocenters. The number of aryl methyl sites for hydroxylation is 2. The first-order valence-corrected chi connectivity index (χ1v) is 51.6. The molecule has 3 aliphatic rings. The highest BCUT2D eigenvalue weighted by Gasteiger charge is 2.34. The molecule has 15 aromatic rings. The number of likely N-dealkylation sites (N-methyl/N-ethyl adjacent to an activating group) is 3. The quantitative estimate of drug-likeness (QED) is 0.0339. The van der Waals surface area contributed by atoms with Gasteiger partial charge in [0.2, 0.25) is 0 Å². The zero-order valence-corrected chi connectivity index (χ0v) is 86.9. The Morgan fingerprint density at radius 3 is 0.944 bits per heavy atom. The normalized spacial score (nSPS) is 13.1. The van der Waals surface area contributed by atoms with Crippen molar-refractivity contribution in [2.24, 2.45) is 11.8 Å². The monoisotopic (exact) mass is 1920 g/mol. The second-order valence-electron chi connectivity index (χ2n) is 39.2. The minimum Gasteiger partial charge on any atom is -0.507 e. The van der Waals surface area contributed by atoms with Crippen molar-refractivity contribution in [2.45, 2.75) is 206 Å². The standard InChI is InChI=1S/C26H30N2O2.C26H34N2O2.C23H27N3O2.C23H28N2O2.C22H26N2O3/c1-3-27(4-2)13-14-28-23-11-9-19(25(29)17-5-6-17)15-21(23)22-16-20(10-12-24(22)28)26(30)18-7-8-18;1-5-9-25(29)19-11-13-23-21(17-19)22-18-20(26(30)10-6-2)12-14-24(22)28(23)16-15-27(7-3)8-4;1-14-16-7-8-20-23(19(16)13-25(14)5)18-11-17(15(2)27)22(28)12-21(18)26(20)10-6-9-24(3)4;1-5-22(26)16-8-10-20-18(14-16)19-15-17(23(27)6-2)9-11-21(19)25(20)13-7-12-24(3)4;1-5-23(6-2)9-10-24-20-8-7-16(14(3)25)11-18(20)19-12-17(15(4)26)22(27)13-21(19)24/h9-12,15-18H,3-8,13-14H2,1-2H3;11-14,17-18H,5-10,15-16H2,1-4H3;7-8,11-12,28H,1,6,9-10,13H2,2-5H3;8-11,14-15H,5-7,12-13H2,1-4H3;7-8,11-13,27H,5-6,9-10H2,1-4H3. The van der Waals surface area contributed by atoms with Crippen molar-refractivity contribution in [3.8, 4) is 11.5 Å². The molecule has 746 valence electrons. The Hall–Kier alpha value is -12.8. The first kappa shape index (κ1) is 105. The Labute approximate surface area is 835 Å². The van der Waals surface area contributed by atoms with Crippen LogP contribution in [0.3, 0.4) is 0 Å². The fraction of sp³-hybridized carbons (Fsp3) is 0.408. The number of fused-ring (bicyclic) bond motifs is 17. The summed E-state index contributed by atoms with van der Waals surface area (Å²) in [5, 5.41) is 31.3. The van der Waals surface area contributed by atoms with E-state index in [9.17, 15) is 53.4 Å². The zero-order chi connectivity index (χ0) is 102. The van der Waals surface area contributed by atoms with E-state index in [0.29, 0.717) is 42.4 Å². The summed E-state index contributed by atoms with van der Waals surface area (Å²) in [4.78, 5) is 124. The number of Topliss-reactive ketones (excluding diaryl/α,β-unsaturated/α-hetero) is 9. The van der Waals surface area contributed by atoms with Crippen molar-refractivity contribution in [1.82, 2.24) is 52.2 Å². The minimum absolute atomic E-state index is 0.00585. The highest BCUT2D eigenvalue weighted by atomic mass is 16.3. The Morgan fingerprint density at radius 2 is 0.620 bits per heavy atom. The Kier molecular flexibility index (Phi) is 34.4. The summed E-state index contributed by atoms with van der Waals surface area (Å²) in [5.74, 6) is 1.37. The number of phenols is 2. The predicted molar refractivity (Wildman–Crippen MR) is 583 cm³/mol. The molecule has 0 amide bonds. The fourth-order valence-corrected chi connectivity index (χ4v) is 20.4. The summed E-state index contributed by atoms with van der Waals surface area (Å²) in [5.41, 5.74) is 20.2. The highest BCUT2D eigenvalue weighted by molar-refractivity contribution is 6.19. The molecule has 22 heteroatoms.